The van der Waals surface area contributed by atoms with Crippen LogP contribution in [0, 0.1) is 0 Å². The summed E-state index contributed by atoms with van der Waals surface area (Å²) in [5, 5.41) is 3.57. The van der Waals surface area contributed by atoms with Gasteiger partial charge in [-0.2, -0.15) is 0 Å². The molecule has 1 aromatic carbocycles. The number of fused-ring (bicyclic) bond motifs is 1. The van der Waals surface area contributed by atoms with Crippen LogP contribution < -0.4 is 14.8 Å². The number of para-hydroxylation sites is 1. The molecule has 134 valence electrons. The molecule has 0 spiro atoms. The molecule has 1 saturated heterocycles. The summed E-state index contributed by atoms with van der Waals surface area (Å²) in [6.07, 6.45) is 4.92. The third kappa shape index (κ3) is 3.75. The van der Waals surface area contributed by atoms with Gasteiger partial charge in [-0.1, -0.05) is 12.1 Å². The number of hydrogen-bond donors (Lipinski definition) is 1. The second kappa shape index (κ2) is 7.80. The third-order valence-corrected chi connectivity index (χ3v) is 4.61. The molecule has 25 heavy (non-hydrogen) atoms. The lowest BCUT2D eigenvalue weighted by molar-refractivity contribution is 0.0704. The number of carbonyl (C=O) groups is 1. The van der Waals surface area contributed by atoms with Gasteiger partial charge in [-0.3, -0.25) is 4.79 Å². The number of likely N-dealkylation sites (tertiary alicyclic amines) is 1. The number of nitrogens with one attached hydrogen (secondary N) is 1. The van der Waals surface area contributed by atoms with E-state index in [4.69, 9.17) is 13.9 Å². The van der Waals surface area contributed by atoms with Gasteiger partial charge in [-0.05, 0) is 25.0 Å². The first-order valence-electron chi connectivity index (χ1n) is 8.23. The quantitative estimate of drug-likeness (QED) is 0.903. The van der Waals surface area contributed by atoms with Crippen LogP contribution in [0.4, 0.5) is 0 Å². The van der Waals surface area contributed by atoms with Gasteiger partial charge in [-0.15, -0.1) is 12.4 Å². The minimum atomic E-state index is 0. The molecule has 7 heteroatoms. The van der Waals surface area contributed by atoms with Crippen LogP contribution in [0.2, 0.25) is 0 Å². The van der Waals surface area contributed by atoms with Crippen molar-refractivity contribution in [3.8, 4) is 11.5 Å². The summed E-state index contributed by atoms with van der Waals surface area (Å²) in [5.74, 6) is 1.71. The number of amides is 1. The summed E-state index contributed by atoms with van der Waals surface area (Å²) in [7, 11) is 0. The molecule has 1 N–H and O–H groups in total. The van der Waals surface area contributed by atoms with E-state index >= 15 is 0 Å². The second-order valence-corrected chi connectivity index (χ2v) is 6.11. The highest BCUT2D eigenvalue weighted by atomic mass is 35.5. The Hall–Kier alpha value is -2.18. The molecular formula is C18H21ClN2O4. The van der Waals surface area contributed by atoms with E-state index in [1.165, 1.54) is 12.5 Å². The predicted octanol–water partition coefficient (Wildman–Crippen LogP) is 2.82. The van der Waals surface area contributed by atoms with Gasteiger partial charge in [0.15, 0.2) is 11.5 Å². The van der Waals surface area contributed by atoms with Gasteiger partial charge < -0.3 is 24.1 Å². The molecule has 0 unspecified atom stereocenters. The Morgan fingerprint density at radius 3 is 2.80 bits per heavy atom. The molecule has 0 aliphatic carbocycles. The van der Waals surface area contributed by atoms with E-state index in [0.29, 0.717) is 18.4 Å². The van der Waals surface area contributed by atoms with Crippen LogP contribution in [-0.4, -0.2) is 36.7 Å². The van der Waals surface area contributed by atoms with E-state index in [1.54, 1.807) is 6.07 Å². The number of rotatable bonds is 4. The van der Waals surface area contributed by atoms with Crippen molar-refractivity contribution in [3.63, 3.8) is 0 Å². The third-order valence-electron chi connectivity index (χ3n) is 4.61. The first kappa shape index (κ1) is 17.6. The number of furan rings is 1. The average Bonchev–Trinajstić information content (AvgIpc) is 3.31. The highest BCUT2D eigenvalue weighted by Gasteiger charge is 2.24. The zero-order valence-corrected chi connectivity index (χ0v) is 14.6. The number of benzene rings is 1. The summed E-state index contributed by atoms with van der Waals surface area (Å²) in [5.41, 5.74) is 1.74. The minimum absolute atomic E-state index is 0. The SMILES string of the molecule is Cl.O=C(c1ccoc1)N1CCC(NCc2cccc3c2OCO3)CC1. The average molecular weight is 365 g/mol. The van der Waals surface area contributed by atoms with E-state index < -0.39 is 0 Å². The number of ether oxygens (including phenoxy) is 2. The molecule has 1 amide bonds. The smallest absolute Gasteiger partial charge is 0.257 e. The molecule has 3 heterocycles. The molecule has 0 bridgehead atoms. The molecule has 1 fully saturated rings. The Morgan fingerprint density at radius 2 is 2.04 bits per heavy atom. The van der Waals surface area contributed by atoms with Gasteiger partial charge >= 0.3 is 0 Å². The standard InChI is InChI=1S/C18H20N2O4.ClH/c21-18(14-6-9-22-11-14)20-7-4-15(5-8-20)19-10-13-2-1-3-16-17(13)24-12-23-16;/h1-3,6,9,11,15,19H,4-5,7-8,10,12H2;1H. The number of piperidine rings is 1. The van der Waals surface area contributed by atoms with Crippen LogP contribution in [-0.2, 0) is 6.54 Å². The van der Waals surface area contributed by atoms with E-state index in [9.17, 15) is 4.79 Å². The van der Waals surface area contributed by atoms with Gasteiger partial charge in [0.2, 0.25) is 6.79 Å². The molecular weight excluding hydrogens is 344 g/mol. The van der Waals surface area contributed by atoms with Gasteiger partial charge in [0.25, 0.3) is 5.91 Å². The lowest BCUT2D eigenvalue weighted by Crippen LogP contribution is -2.44. The maximum Gasteiger partial charge on any atom is 0.257 e. The van der Waals surface area contributed by atoms with Crippen molar-refractivity contribution >= 4 is 18.3 Å². The second-order valence-electron chi connectivity index (χ2n) is 6.11. The lowest BCUT2D eigenvalue weighted by Gasteiger charge is -2.32. The lowest BCUT2D eigenvalue weighted by atomic mass is 10.0. The number of hydrogen-bond acceptors (Lipinski definition) is 5. The Morgan fingerprint density at radius 1 is 1.20 bits per heavy atom. The van der Waals surface area contributed by atoms with Crippen molar-refractivity contribution in [3.05, 3.63) is 47.9 Å². The first-order chi connectivity index (χ1) is 11.8. The molecule has 6 nitrogen and oxygen atoms in total. The summed E-state index contributed by atoms with van der Waals surface area (Å²) < 4.78 is 15.9. The minimum Gasteiger partial charge on any atom is -0.472 e. The highest BCUT2D eigenvalue weighted by molar-refractivity contribution is 5.93. The number of nitrogens with zero attached hydrogens (tertiary/aromatic N) is 1. The Labute approximate surface area is 152 Å². The van der Waals surface area contributed by atoms with Gasteiger partial charge in [0.1, 0.15) is 6.26 Å². The first-order valence-corrected chi connectivity index (χ1v) is 8.23. The van der Waals surface area contributed by atoms with E-state index in [2.05, 4.69) is 11.4 Å². The molecule has 1 aromatic heterocycles. The number of carbonyl (C=O) groups excluding carboxylic acids is 1. The van der Waals surface area contributed by atoms with Crippen LogP contribution in [0.3, 0.4) is 0 Å². The monoisotopic (exact) mass is 364 g/mol. The largest absolute Gasteiger partial charge is 0.472 e. The topological polar surface area (TPSA) is 63.9 Å². The van der Waals surface area contributed by atoms with Crippen molar-refractivity contribution < 1.29 is 18.7 Å². The van der Waals surface area contributed by atoms with Crippen LogP contribution >= 0.6 is 12.4 Å². The van der Waals surface area contributed by atoms with E-state index in [1.807, 2.05) is 17.0 Å². The van der Waals surface area contributed by atoms with Gasteiger partial charge in [0, 0.05) is 31.2 Å². The molecule has 2 aliphatic heterocycles. The van der Waals surface area contributed by atoms with Crippen molar-refractivity contribution in [1.82, 2.24) is 10.2 Å². The van der Waals surface area contributed by atoms with Gasteiger partial charge in [-0.25, -0.2) is 0 Å². The Balaban J connectivity index is 0.00000182. The fourth-order valence-electron chi connectivity index (χ4n) is 3.24. The highest BCUT2D eigenvalue weighted by Crippen LogP contribution is 2.35. The van der Waals surface area contributed by atoms with Crippen LogP contribution in [0.15, 0.2) is 41.2 Å². The normalized spacial score (nSPS) is 16.6. The molecule has 0 atom stereocenters. The zero-order chi connectivity index (χ0) is 16.4. The van der Waals surface area contributed by atoms with Gasteiger partial charge in [0.05, 0.1) is 11.8 Å². The van der Waals surface area contributed by atoms with Crippen molar-refractivity contribution in [2.75, 3.05) is 19.9 Å². The Bertz CT molecular complexity index is 712. The van der Waals surface area contributed by atoms with Crippen molar-refractivity contribution in [2.45, 2.75) is 25.4 Å². The summed E-state index contributed by atoms with van der Waals surface area (Å²) in [6.45, 7) is 2.55. The molecule has 0 radical (unpaired) electrons. The predicted molar refractivity (Wildman–Crippen MR) is 94.3 cm³/mol. The fraction of sp³-hybridized carbons (Fsp3) is 0.389. The molecule has 2 aliphatic rings. The summed E-state index contributed by atoms with van der Waals surface area (Å²) in [6, 6.07) is 8.07. The van der Waals surface area contributed by atoms with E-state index in [-0.39, 0.29) is 18.3 Å². The fourth-order valence-corrected chi connectivity index (χ4v) is 3.24. The van der Waals surface area contributed by atoms with Crippen LogP contribution in [0.1, 0.15) is 28.8 Å². The molecule has 4 rings (SSSR count). The van der Waals surface area contributed by atoms with Crippen LogP contribution in [0.25, 0.3) is 0 Å². The zero-order valence-electron chi connectivity index (χ0n) is 13.8. The van der Waals surface area contributed by atoms with E-state index in [0.717, 1.165) is 49.5 Å². The maximum atomic E-state index is 12.3. The van der Waals surface area contributed by atoms with Crippen molar-refractivity contribution in [2.24, 2.45) is 0 Å². The van der Waals surface area contributed by atoms with Crippen LogP contribution in [0.5, 0.6) is 11.5 Å². The molecule has 0 saturated carbocycles. The maximum absolute atomic E-state index is 12.3. The summed E-state index contributed by atoms with van der Waals surface area (Å²) >= 11 is 0. The number of halogens is 1. The Kier molecular flexibility index (Phi) is 5.50. The summed E-state index contributed by atoms with van der Waals surface area (Å²) in [4.78, 5) is 14.2. The molecule has 2 aromatic rings. The van der Waals surface area contributed by atoms with Crippen molar-refractivity contribution in [1.29, 1.82) is 0 Å².